The number of carbonyl (C=O) groups excluding carboxylic acids is 1. The Morgan fingerprint density at radius 1 is 1.47 bits per heavy atom. The van der Waals surface area contributed by atoms with Gasteiger partial charge in [-0.3, -0.25) is 4.79 Å². The number of rotatable bonds is 2. The largest absolute Gasteiger partial charge is 0.327 e. The molecule has 5 heteroatoms. The molecule has 1 aliphatic carbocycles. The Labute approximate surface area is 111 Å². The summed E-state index contributed by atoms with van der Waals surface area (Å²) in [5.74, 6) is -1.92. The van der Waals surface area contributed by atoms with Gasteiger partial charge in [0.1, 0.15) is 11.5 Å². The van der Waals surface area contributed by atoms with Crippen LogP contribution in [0, 0.1) is 24.0 Å². The van der Waals surface area contributed by atoms with E-state index in [1.54, 1.807) is 6.92 Å². The molecule has 2 unspecified atom stereocenters. The Kier molecular flexibility index (Phi) is 3.58. The summed E-state index contributed by atoms with van der Waals surface area (Å²) in [5.41, 5.74) is 5.07. The molecular formula is C14H18F2N2O. The molecule has 1 aromatic carbocycles. The molecule has 0 bridgehead atoms. The van der Waals surface area contributed by atoms with Crippen LogP contribution >= 0.6 is 0 Å². The highest BCUT2D eigenvalue weighted by molar-refractivity contribution is 5.96. The third-order valence-corrected chi connectivity index (χ3v) is 4.07. The number of halogens is 2. The fourth-order valence-corrected chi connectivity index (χ4v) is 2.50. The van der Waals surface area contributed by atoms with Crippen LogP contribution in [0.3, 0.4) is 0 Å². The maximum absolute atomic E-state index is 13.8. The fraction of sp³-hybridized carbons (Fsp3) is 0.500. The van der Waals surface area contributed by atoms with Crippen molar-refractivity contribution in [1.29, 1.82) is 0 Å². The fourth-order valence-electron chi connectivity index (χ4n) is 2.50. The number of nitrogens with two attached hydrogens (primary N) is 1. The number of anilines is 1. The lowest BCUT2D eigenvalue weighted by Crippen LogP contribution is -2.44. The molecule has 0 saturated heterocycles. The first-order valence-electron chi connectivity index (χ1n) is 6.38. The molecule has 1 saturated carbocycles. The van der Waals surface area contributed by atoms with E-state index < -0.39 is 23.0 Å². The predicted molar refractivity (Wildman–Crippen MR) is 69.7 cm³/mol. The molecule has 0 heterocycles. The van der Waals surface area contributed by atoms with Crippen LogP contribution in [0.15, 0.2) is 12.1 Å². The average Bonchev–Trinajstić information content (AvgIpc) is 2.71. The van der Waals surface area contributed by atoms with Crippen LogP contribution in [0.5, 0.6) is 0 Å². The number of carbonyl (C=O) groups is 1. The Morgan fingerprint density at radius 3 is 2.74 bits per heavy atom. The van der Waals surface area contributed by atoms with Gasteiger partial charge in [0, 0.05) is 6.04 Å². The number of hydrogen-bond donors (Lipinski definition) is 2. The van der Waals surface area contributed by atoms with Gasteiger partial charge < -0.3 is 11.1 Å². The molecule has 104 valence electrons. The molecular weight excluding hydrogens is 250 g/mol. The highest BCUT2D eigenvalue weighted by Gasteiger charge is 2.43. The summed E-state index contributed by atoms with van der Waals surface area (Å²) in [5, 5.41) is 2.36. The second kappa shape index (κ2) is 4.89. The van der Waals surface area contributed by atoms with Gasteiger partial charge in [-0.1, -0.05) is 12.5 Å². The minimum atomic E-state index is -0.772. The van der Waals surface area contributed by atoms with Crippen molar-refractivity contribution < 1.29 is 13.6 Å². The molecule has 0 radical (unpaired) electrons. The lowest BCUT2D eigenvalue weighted by Gasteiger charge is -2.27. The summed E-state index contributed by atoms with van der Waals surface area (Å²) in [6.45, 7) is 3.26. The maximum atomic E-state index is 13.8. The van der Waals surface area contributed by atoms with E-state index in [0.29, 0.717) is 6.42 Å². The molecule has 0 spiro atoms. The van der Waals surface area contributed by atoms with Gasteiger partial charge in [-0.25, -0.2) is 8.78 Å². The minimum Gasteiger partial charge on any atom is -0.327 e. The maximum Gasteiger partial charge on any atom is 0.232 e. The van der Waals surface area contributed by atoms with Crippen LogP contribution in [-0.4, -0.2) is 11.9 Å². The van der Waals surface area contributed by atoms with Crippen molar-refractivity contribution in [1.82, 2.24) is 0 Å². The summed E-state index contributed by atoms with van der Waals surface area (Å²) < 4.78 is 27.5. The van der Waals surface area contributed by atoms with E-state index in [2.05, 4.69) is 5.32 Å². The van der Waals surface area contributed by atoms with E-state index in [1.807, 2.05) is 0 Å². The van der Waals surface area contributed by atoms with E-state index >= 15 is 0 Å². The standard InChI is InChI=1S/C14H18F2N2O/c1-8-5-6-9(15)12(11(8)16)18-13(19)14(2)7-3-4-10(14)17/h5-6,10H,3-4,7,17H2,1-2H3,(H,18,19). The van der Waals surface area contributed by atoms with Crippen molar-refractivity contribution in [2.24, 2.45) is 11.1 Å². The van der Waals surface area contributed by atoms with Gasteiger partial charge >= 0.3 is 0 Å². The van der Waals surface area contributed by atoms with Crippen LogP contribution < -0.4 is 11.1 Å². The monoisotopic (exact) mass is 268 g/mol. The number of aryl methyl sites for hydroxylation is 1. The van der Waals surface area contributed by atoms with Crippen molar-refractivity contribution >= 4 is 11.6 Å². The quantitative estimate of drug-likeness (QED) is 0.866. The van der Waals surface area contributed by atoms with Crippen LogP contribution in [0.4, 0.5) is 14.5 Å². The highest BCUT2D eigenvalue weighted by atomic mass is 19.1. The normalized spacial score (nSPS) is 26.5. The van der Waals surface area contributed by atoms with Gasteiger partial charge in [0.15, 0.2) is 5.82 Å². The van der Waals surface area contributed by atoms with Crippen LogP contribution in [-0.2, 0) is 4.79 Å². The van der Waals surface area contributed by atoms with E-state index in [-0.39, 0.29) is 17.3 Å². The Bertz CT molecular complexity index is 518. The molecule has 2 atom stereocenters. The molecule has 1 aliphatic rings. The molecule has 1 fully saturated rings. The van der Waals surface area contributed by atoms with Crippen LogP contribution in [0.2, 0.25) is 0 Å². The number of nitrogens with one attached hydrogen (secondary N) is 1. The second-order valence-electron chi connectivity index (χ2n) is 5.42. The first-order valence-corrected chi connectivity index (χ1v) is 6.38. The SMILES string of the molecule is Cc1ccc(F)c(NC(=O)C2(C)CCCC2N)c1F. The molecule has 19 heavy (non-hydrogen) atoms. The van der Waals surface area contributed by atoms with Gasteiger partial charge in [0.05, 0.1) is 5.41 Å². The summed E-state index contributed by atoms with van der Waals surface area (Å²) in [6, 6.07) is 2.21. The second-order valence-corrected chi connectivity index (χ2v) is 5.42. The first-order chi connectivity index (χ1) is 8.86. The molecule has 0 aliphatic heterocycles. The average molecular weight is 268 g/mol. The van der Waals surface area contributed by atoms with Gasteiger partial charge in [-0.2, -0.15) is 0 Å². The van der Waals surface area contributed by atoms with Crippen molar-refractivity contribution in [2.45, 2.75) is 39.2 Å². The highest BCUT2D eigenvalue weighted by Crippen LogP contribution is 2.38. The number of amides is 1. The number of hydrogen-bond acceptors (Lipinski definition) is 2. The zero-order valence-corrected chi connectivity index (χ0v) is 11.1. The number of benzene rings is 1. The molecule has 3 nitrogen and oxygen atoms in total. The summed E-state index contributed by atoms with van der Waals surface area (Å²) in [6.07, 6.45) is 2.24. The Morgan fingerprint density at radius 2 is 2.16 bits per heavy atom. The minimum absolute atomic E-state index is 0.275. The zero-order valence-electron chi connectivity index (χ0n) is 11.1. The molecule has 3 N–H and O–H groups in total. The van der Waals surface area contributed by atoms with Gasteiger partial charge in [0.2, 0.25) is 5.91 Å². The summed E-state index contributed by atoms with van der Waals surface area (Å²) >= 11 is 0. The zero-order chi connectivity index (χ0) is 14.2. The van der Waals surface area contributed by atoms with Crippen molar-refractivity contribution in [3.05, 3.63) is 29.3 Å². The Balaban J connectivity index is 2.27. The third kappa shape index (κ3) is 2.34. The topological polar surface area (TPSA) is 55.1 Å². The van der Waals surface area contributed by atoms with Crippen LogP contribution in [0.25, 0.3) is 0 Å². The predicted octanol–water partition coefficient (Wildman–Crippen LogP) is 2.73. The first kappa shape index (κ1) is 13.9. The van der Waals surface area contributed by atoms with Gasteiger partial charge in [-0.05, 0) is 38.3 Å². The van der Waals surface area contributed by atoms with Crippen molar-refractivity contribution in [3.63, 3.8) is 0 Å². The van der Waals surface area contributed by atoms with Gasteiger partial charge in [-0.15, -0.1) is 0 Å². The van der Waals surface area contributed by atoms with E-state index in [1.165, 1.54) is 13.0 Å². The lowest BCUT2D eigenvalue weighted by molar-refractivity contribution is -0.125. The summed E-state index contributed by atoms with van der Waals surface area (Å²) in [7, 11) is 0. The molecule has 2 rings (SSSR count). The van der Waals surface area contributed by atoms with E-state index in [0.717, 1.165) is 18.9 Å². The third-order valence-electron chi connectivity index (χ3n) is 4.07. The molecule has 1 aromatic rings. The van der Waals surface area contributed by atoms with Crippen molar-refractivity contribution in [3.8, 4) is 0 Å². The van der Waals surface area contributed by atoms with Crippen molar-refractivity contribution in [2.75, 3.05) is 5.32 Å². The van der Waals surface area contributed by atoms with E-state index in [4.69, 9.17) is 5.73 Å². The molecule has 1 amide bonds. The van der Waals surface area contributed by atoms with Crippen LogP contribution in [0.1, 0.15) is 31.7 Å². The van der Waals surface area contributed by atoms with E-state index in [9.17, 15) is 13.6 Å². The Hall–Kier alpha value is -1.49. The molecule has 0 aromatic heterocycles. The lowest BCUT2D eigenvalue weighted by atomic mass is 9.84. The van der Waals surface area contributed by atoms with Gasteiger partial charge in [0.25, 0.3) is 0 Å². The summed E-state index contributed by atoms with van der Waals surface area (Å²) in [4.78, 5) is 12.2. The smallest absolute Gasteiger partial charge is 0.232 e.